The summed E-state index contributed by atoms with van der Waals surface area (Å²) in [5.74, 6) is 0.424. The highest BCUT2D eigenvalue weighted by Crippen LogP contribution is 2.24. The summed E-state index contributed by atoms with van der Waals surface area (Å²) in [5.41, 5.74) is 0.101. The van der Waals surface area contributed by atoms with Crippen molar-refractivity contribution < 1.29 is 4.79 Å². The molecule has 0 aromatic carbocycles. The summed E-state index contributed by atoms with van der Waals surface area (Å²) in [6.07, 6.45) is 2.92. The highest BCUT2D eigenvalue weighted by Gasteiger charge is 2.30. The van der Waals surface area contributed by atoms with Crippen LogP contribution in [0.4, 0.5) is 0 Å². The fraction of sp³-hybridized carbons (Fsp3) is 0.938. The molecule has 1 heterocycles. The summed E-state index contributed by atoms with van der Waals surface area (Å²) in [7, 11) is 4.16. The molecule has 0 spiro atoms. The van der Waals surface area contributed by atoms with E-state index in [9.17, 15) is 4.79 Å². The standard InChI is InChI=1S/C16H33N3O.2ClH/c1-12-11-13(7-9-17-12)15(20)18-14(16(2,3)4)8-10-19(5)6;;/h12-14,17H,7-11H2,1-6H3,(H,18,20);2*1H/t12-,13-,14?;;/m0../s1. The molecule has 1 aliphatic heterocycles. The van der Waals surface area contributed by atoms with E-state index in [2.05, 4.69) is 57.3 Å². The molecular formula is C16H35Cl2N3O. The molecule has 2 N–H and O–H groups in total. The number of piperidine rings is 1. The first-order chi connectivity index (χ1) is 9.20. The van der Waals surface area contributed by atoms with E-state index < -0.39 is 0 Å². The number of nitrogens with zero attached hydrogens (tertiary/aromatic N) is 1. The van der Waals surface area contributed by atoms with E-state index in [1.54, 1.807) is 0 Å². The second-order valence-electron chi connectivity index (χ2n) is 7.60. The number of halogens is 2. The summed E-state index contributed by atoms with van der Waals surface area (Å²) in [5, 5.41) is 6.71. The predicted molar refractivity (Wildman–Crippen MR) is 99.2 cm³/mol. The van der Waals surface area contributed by atoms with E-state index in [1.165, 1.54) is 0 Å². The Bertz CT molecular complexity index is 319. The lowest BCUT2D eigenvalue weighted by atomic mass is 9.83. The number of hydrogen-bond acceptors (Lipinski definition) is 3. The number of amides is 1. The number of carbonyl (C=O) groups excluding carboxylic acids is 1. The highest BCUT2D eigenvalue weighted by molar-refractivity contribution is 5.85. The first-order valence-electron chi connectivity index (χ1n) is 7.88. The summed E-state index contributed by atoms with van der Waals surface area (Å²) in [6.45, 7) is 10.7. The van der Waals surface area contributed by atoms with Crippen LogP contribution in [0, 0.1) is 11.3 Å². The molecule has 1 amide bonds. The second kappa shape index (κ2) is 10.7. The second-order valence-corrected chi connectivity index (χ2v) is 7.60. The first-order valence-corrected chi connectivity index (χ1v) is 7.88. The van der Waals surface area contributed by atoms with Crippen molar-refractivity contribution in [2.75, 3.05) is 27.2 Å². The SMILES string of the molecule is C[C@H]1C[C@@H](C(=O)NC(CCN(C)C)C(C)(C)C)CCN1.Cl.Cl. The van der Waals surface area contributed by atoms with E-state index in [-0.39, 0.29) is 48.1 Å². The van der Waals surface area contributed by atoms with Gasteiger partial charge < -0.3 is 15.5 Å². The van der Waals surface area contributed by atoms with Crippen molar-refractivity contribution in [3.05, 3.63) is 0 Å². The van der Waals surface area contributed by atoms with Gasteiger partial charge >= 0.3 is 0 Å². The maximum atomic E-state index is 12.5. The molecule has 3 atom stereocenters. The number of hydrogen-bond donors (Lipinski definition) is 2. The lowest BCUT2D eigenvalue weighted by Gasteiger charge is -2.35. The van der Waals surface area contributed by atoms with Gasteiger partial charge in [-0.1, -0.05) is 20.8 Å². The number of nitrogens with one attached hydrogen (secondary N) is 2. The largest absolute Gasteiger partial charge is 0.353 e. The van der Waals surface area contributed by atoms with E-state index in [4.69, 9.17) is 0 Å². The Labute approximate surface area is 149 Å². The van der Waals surface area contributed by atoms with Crippen molar-refractivity contribution >= 4 is 30.7 Å². The molecule has 0 aromatic rings. The highest BCUT2D eigenvalue weighted by atomic mass is 35.5. The molecule has 22 heavy (non-hydrogen) atoms. The van der Waals surface area contributed by atoms with E-state index >= 15 is 0 Å². The van der Waals surface area contributed by atoms with Crippen LogP contribution >= 0.6 is 24.8 Å². The van der Waals surface area contributed by atoms with Crippen LogP contribution in [0.15, 0.2) is 0 Å². The molecule has 0 bridgehead atoms. The van der Waals surface area contributed by atoms with Crippen LogP contribution in [0.25, 0.3) is 0 Å². The van der Waals surface area contributed by atoms with Gasteiger partial charge in [-0.25, -0.2) is 0 Å². The van der Waals surface area contributed by atoms with Gasteiger partial charge in [0.15, 0.2) is 0 Å². The molecule has 6 heteroatoms. The van der Waals surface area contributed by atoms with Gasteiger partial charge in [0.05, 0.1) is 0 Å². The van der Waals surface area contributed by atoms with Crippen molar-refractivity contribution in [3.63, 3.8) is 0 Å². The minimum atomic E-state index is 0. The summed E-state index contributed by atoms with van der Waals surface area (Å²) in [4.78, 5) is 14.7. The zero-order chi connectivity index (χ0) is 15.3. The zero-order valence-corrected chi connectivity index (χ0v) is 16.6. The Kier molecular flexibility index (Phi) is 11.8. The molecule has 4 nitrogen and oxygen atoms in total. The predicted octanol–water partition coefficient (Wildman–Crippen LogP) is 2.70. The molecule has 0 radical (unpaired) electrons. The van der Waals surface area contributed by atoms with E-state index in [0.29, 0.717) is 6.04 Å². The molecule has 1 unspecified atom stereocenters. The van der Waals surface area contributed by atoms with Gasteiger partial charge in [0.1, 0.15) is 0 Å². The van der Waals surface area contributed by atoms with Crippen molar-refractivity contribution in [1.82, 2.24) is 15.5 Å². The lowest BCUT2D eigenvalue weighted by molar-refractivity contribution is -0.127. The molecule has 0 saturated carbocycles. The third-order valence-corrected chi connectivity index (χ3v) is 4.22. The van der Waals surface area contributed by atoms with Crippen molar-refractivity contribution in [3.8, 4) is 0 Å². The van der Waals surface area contributed by atoms with Crippen LogP contribution < -0.4 is 10.6 Å². The number of rotatable bonds is 5. The van der Waals surface area contributed by atoms with Crippen LogP contribution in [0.5, 0.6) is 0 Å². The zero-order valence-electron chi connectivity index (χ0n) is 14.9. The van der Waals surface area contributed by atoms with Crippen LogP contribution in [-0.2, 0) is 4.79 Å². The van der Waals surface area contributed by atoms with Gasteiger partial charge in [-0.05, 0) is 58.8 Å². The third kappa shape index (κ3) is 8.56. The van der Waals surface area contributed by atoms with Crippen LogP contribution in [0.3, 0.4) is 0 Å². The number of carbonyl (C=O) groups is 1. The molecule has 0 aliphatic carbocycles. The molecule has 134 valence electrons. The lowest BCUT2D eigenvalue weighted by Crippen LogP contribution is -2.49. The van der Waals surface area contributed by atoms with Gasteiger partial charge in [0.2, 0.25) is 5.91 Å². The van der Waals surface area contributed by atoms with E-state index in [0.717, 1.165) is 32.4 Å². The van der Waals surface area contributed by atoms with Crippen LogP contribution in [-0.4, -0.2) is 50.1 Å². The molecule has 1 rings (SSSR count). The quantitative estimate of drug-likeness (QED) is 0.796. The summed E-state index contributed by atoms with van der Waals surface area (Å²) < 4.78 is 0. The van der Waals surface area contributed by atoms with Crippen molar-refractivity contribution in [2.24, 2.45) is 11.3 Å². The normalized spacial score (nSPS) is 23.2. The molecule has 1 saturated heterocycles. The Morgan fingerprint density at radius 3 is 2.36 bits per heavy atom. The van der Waals surface area contributed by atoms with Gasteiger partial charge in [0.25, 0.3) is 0 Å². The van der Waals surface area contributed by atoms with Gasteiger partial charge in [-0.15, -0.1) is 24.8 Å². The summed E-state index contributed by atoms with van der Waals surface area (Å²) >= 11 is 0. The van der Waals surface area contributed by atoms with Gasteiger partial charge in [0, 0.05) is 18.0 Å². The maximum absolute atomic E-state index is 12.5. The Morgan fingerprint density at radius 2 is 1.91 bits per heavy atom. The van der Waals surface area contributed by atoms with Gasteiger partial charge in [-0.3, -0.25) is 4.79 Å². The Morgan fingerprint density at radius 1 is 1.32 bits per heavy atom. The smallest absolute Gasteiger partial charge is 0.223 e. The summed E-state index contributed by atoms with van der Waals surface area (Å²) in [6, 6.07) is 0.692. The van der Waals surface area contributed by atoms with Gasteiger partial charge in [-0.2, -0.15) is 0 Å². The maximum Gasteiger partial charge on any atom is 0.223 e. The van der Waals surface area contributed by atoms with E-state index in [1.807, 2.05) is 0 Å². The molecule has 0 aromatic heterocycles. The minimum absolute atomic E-state index is 0. The molecule has 1 fully saturated rings. The van der Waals surface area contributed by atoms with Crippen LogP contribution in [0.2, 0.25) is 0 Å². The fourth-order valence-electron chi connectivity index (χ4n) is 2.77. The topological polar surface area (TPSA) is 44.4 Å². The average Bonchev–Trinajstić information content (AvgIpc) is 2.32. The Balaban J connectivity index is 0. The van der Waals surface area contributed by atoms with Crippen LogP contribution in [0.1, 0.15) is 47.0 Å². The van der Waals surface area contributed by atoms with Crippen molar-refractivity contribution in [1.29, 1.82) is 0 Å². The third-order valence-electron chi connectivity index (χ3n) is 4.22. The average molecular weight is 356 g/mol. The minimum Gasteiger partial charge on any atom is -0.353 e. The monoisotopic (exact) mass is 355 g/mol. The molecule has 1 aliphatic rings. The van der Waals surface area contributed by atoms with Crippen molar-refractivity contribution in [2.45, 2.75) is 59.0 Å². The molecular weight excluding hydrogens is 321 g/mol. The Hall–Kier alpha value is -0.0300. The first kappa shape index (κ1) is 24.2. The fourth-order valence-corrected chi connectivity index (χ4v) is 2.77.